The van der Waals surface area contributed by atoms with Gasteiger partial charge >= 0.3 is 0 Å². The number of hydrazine groups is 1. The van der Waals surface area contributed by atoms with Gasteiger partial charge in [-0.1, -0.05) is 120 Å². The highest BCUT2D eigenvalue weighted by molar-refractivity contribution is 6.99. The molecular formula is C31H39N3OSi. The van der Waals surface area contributed by atoms with Crippen LogP contribution in [0, 0.1) is 16.7 Å². The van der Waals surface area contributed by atoms with E-state index >= 15 is 0 Å². The zero-order valence-electron chi connectivity index (χ0n) is 22.5. The molecule has 0 saturated carbocycles. The van der Waals surface area contributed by atoms with E-state index in [0.29, 0.717) is 6.61 Å². The van der Waals surface area contributed by atoms with E-state index in [1.807, 2.05) is 0 Å². The van der Waals surface area contributed by atoms with Gasteiger partial charge in [-0.2, -0.15) is 5.26 Å². The van der Waals surface area contributed by atoms with Gasteiger partial charge in [0.2, 0.25) is 0 Å². The van der Waals surface area contributed by atoms with Crippen LogP contribution in [0.1, 0.15) is 47.1 Å². The number of para-hydroxylation sites is 1. The molecule has 0 spiro atoms. The highest BCUT2D eigenvalue weighted by Crippen LogP contribution is 2.38. The number of benzene rings is 3. The molecular weight excluding hydrogens is 458 g/mol. The number of nitrogens with zero attached hydrogens (tertiary/aromatic N) is 2. The Balaban J connectivity index is 1.73. The van der Waals surface area contributed by atoms with Crippen molar-refractivity contribution < 1.29 is 4.43 Å². The molecule has 5 heteroatoms. The Morgan fingerprint density at radius 3 is 1.92 bits per heavy atom. The summed E-state index contributed by atoms with van der Waals surface area (Å²) in [5.74, 6) is 0. The van der Waals surface area contributed by atoms with Crippen molar-refractivity contribution in [2.24, 2.45) is 5.41 Å². The Kier molecular flexibility index (Phi) is 7.42. The van der Waals surface area contributed by atoms with Gasteiger partial charge in [-0.05, 0) is 38.9 Å². The molecule has 0 aromatic heterocycles. The zero-order valence-corrected chi connectivity index (χ0v) is 23.5. The van der Waals surface area contributed by atoms with Crippen LogP contribution in [0.4, 0.5) is 5.69 Å². The topological polar surface area (TPSA) is 48.3 Å². The van der Waals surface area contributed by atoms with Gasteiger partial charge in [-0.25, -0.2) is 5.43 Å². The normalized spacial score (nSPS) is 16.9. The van der Waals surface area contributed by atoms with Crippen LogP contribution in [0.25, 0.3) is 0 Å². The molecule has 0 bridgehead atoms. The zero-order chi connectivity index (χ0) is 26.0. The molecule has 1 aliphatic heterocycles. The van der Waals surface area contributed by atoms with E-state index in [-0.39, 0.29) is 22.5 Å². The minimum absolute atomic E-state index is 0.0833. The molecule has 0 saturated heterocycles. The standard InChI is InChI=1S/C31H39N3OSi/c1-30(2,3)29(22-32)33-34-25(21-24-15-13-14-20-28(24)34)23-35-36(31(4,5)6,26-16-9-7-10-17-26)27-18-11-8-12-19-27/h7-20,25,29,33H,21,23H2,1-6H3/t25-,29-/m0/s1. The van der Waals surface area contributed by atoms with Gasteiger partial charge < -0.3 is 9.43 Å². The van der Waals surface area contributed by atoms with E-state index in [9.17, 15) is 5.26 Å². The SMILES string of the molecule is CC(C)(C)[C@H](C#N)NN1c2ccccc2C[C@H]1CO[Si](c1ccccc1)(c1ccccc1)C(C)(C)C. The molecule has 188 valence electrons. The van der Waals surface area contributed by atoms with Crippen LogP contribution in [-0.2, 0) is 10.8 Å². The third kappa shape index (κ3) is 4.99. The van der Waals surface area contributed by atoms with E-state index in [2.05, 4.69) is 143 Å². The Bertz CT molecular complexity index is 1150. The first-order valence-electron chi connectivity index (χ1n) is 12.9. The summed E-state index contributed by atoms with van der Waals surface area (Å²) < 4.78 is 7.29. The van der Waals surface area contributed by atoms with Crippen LogP contribution in [0.5, 0.6) is 0 Å². The lowest BCUT2D eigenvalue weighted by Gasteiger charge is -2.44. The van der Waals surface area contributed by atoms with Crippen molar-refractivity contribution in [3.63, 3.8) is 0 Å². The number of nitrogens with one attached hydrogen (secondary N) is 1. The van der Waals surface area contributed by atoms with E-state index in [1.54, 1.807) is 0 Å². The quantitative estimate of drug-likeness (QED) is 0.442. The molecule has 0 aliphatic carbocycles. The van der Waals surface area contributed by atoms with Crippen molar-refractivity contribution in [2.45, 2.75) is 65.1 Å². The summed E-state index contributed by atoms with van der Waals surface area (Å²) in [5.41, 5.74) is 5.80. The molecule has 36 heavy (non-hydrogen) atoms. The first-order valence-corrected chi connectivity index (χ1v) is 14.8. The summed E-state index contributed by atoms with van der Waals surface area (Å²) in [4.78, 5) is 0. The lowest BCUT2D eigenvalue weighted by Crippen LogP contribution is -2.67. The van der Waals surface area contributed by atoms with Gasteiger partial charge in [0.05, 0.1) is 24.4 Å². The second-order valence-corrected chi connectivity index (χ2v) is 16.2. The number of nitriles is 1. The van der Waals surface area contributed by atoms with E-state index in [0.717, 1.165) is 12.1 Å². The lowest BCUT2D eigenvalue weighted by atomic mass is 9.88. The Morgan fingerprint density at radius 2 is 1.42 bits per heavy atom. The molecule has 3 aromatic rings. The molecule has 1 aliphatic rings. The number of hydrogen-bond acceptors (Lipinski definition) is 4. The average molecular weight is 498 g/mol. The maximum Gasteiger partial charge on any atom is 0.261 e. The summed E-state index contributed by atoms with van der Waals surface area (Å²) in [6, 6.07) is 32.3. The summed E-state index contributed by atoms with van der Waals surface area (Å²) in [5, 5.41) is 14.6. The fraction of sp³-hybridized carbons (Fsp3) is 0.387. The van der Waals surface area contributed by atoms with E-state index in [1.165, 1.54) is 15.9 Å². The van der Waals surface area contributed by atoms with Crippen LogP contribution in [0.3, 0.4) is 0 Å². The molecule has 1 heterocycles. The van der Waals surface area contributed by atoms with Gasteiger partial charge in [0.25, 0.3) is 8.32 Å². The Hall–Kier alpha value is -2.91. The minimum Gasteiger partial charge on any atom is -0.405 e. The smallest absolute Gasteiger partial charge is 0.261 e. The molecule has 0 fully saturated rings. The highest BCUT2D eigenvalue weighted by Gasteiger charge is 2.51. The highest BCUT2D eigenvalue weighted by atomic mass is 28.4. The van der Waals surface area contributed by atoms with Gasteiger partial charge in [-0.15, -0.1) is 0 Å². The second-order valence-electron chi connectivity index (χ2n) is 11.9. The van der Waals surface area contributed by atoms with Crippen LogP contribution in [0.15, 0.2) is 84.9 Å². The molecule has 4 rings (SSSR count). The molecule has 0 radical (unpaired) electrons. The van der Waals surface area contributed by atoms with Gasteiger partial charge in [-0.3, -0.25) is 0 Å². The molecule has 0 amide bonds. The number of fused-ring (bicyclic) bond motifs is 1. The fourth-order valence-electron chi connectivity index (χ4n) is 5.31. The first-order chi connectivity index (χ1) is 17.1. The van der Waals surface area contributed by atoms with Crippen molar-refractivity contribution in [3.8, 4) is 6.07 Å². The lowest BCUT2D eigenvalue weighted by molar-refractivity contribution is 0.245. The largest absolute Gasteiger partial charge is 0.405 e. The molecule has 3 aromatic carbocycles. The first kappa shape index (κ1) is 26.2. The minimum atomic E-state index is -2.65. The Labute approximate surface area is 218 Å². The molecule has 4 nitrogen and oxygen atoms in total. The second kappa shape index (κ2) is 10.2. The van der Waals surface area contributed by atoms with Crippen LogP contribution < -0.4 is 20.8 Å². The third-order valence-electron chi connectivity index (χ3n) is 7.24. The van der Waals surface area contributed by atoms with Crippen molar-refractivity contribution in [2.75, 3.05) is 11.6 Å². The third-order valence-corrected chi connectivity index (χ3v) is 12.2. The predicted molar refractivity (Wildman–Crippen MR) is 152 cm³/mol. The van der Waals surface area contributed by atoms with Gasteiger partial charge in [0.1, 0.15) is 6.04 Å². The number of rotatable bonds is 7. The van der Waals surface area contributed by atoms with Crippen molar-refractivity contribution in [1.29, 1.82) is 5.26 Å². The summed E-state index contributed by atoms with van der Waals surface area (Å²) in [7, 11) is -2.65. The van der Waals surface area contributed by atoms with Crippen molar-refractivity contribution >= 4 is 24.4 Å². The van der Waals surface area contributed by atoms with Crippen LogP contribution in [0.2, 0.25) is 5.04 Å². The van der Waals surface area contributed by atoms with Crippen LogP contribution >= 0.6 is 0 Å². The summed E-state index contributed by atoms with van der Waals surface area (Å²) >= 11 is 0. The maximum absolute atomic E-state index is 9.96. The van der Waals surface area contributed by atoms with Gasteiger partial charge in [0.15, 0.2) is 0 Å². The van der Waals surface area contributed by atoms with Gasteiger partial charge in [0, 0.05) is 0 Å². The summed E-state index contributed by atoms with van der Waals surface area (Å²) in [6.07, 6.45) is 0.879. The molecule has 2 atom stereocenters. The number of anilines is 1. The monoisotopic (exact) mass is 497 g/mol. The van der Waals surface area contributed by atoms with E-state index in [4.69, 9.17) is 4.43 Å². The van der Waals surface area contributed by atoms with Crippen molar-refractivity contribution in [3.05, 3.63) is 90.5 Å². The van der Waals surface area contributed by atoms with E-state index < -0.39 is 8.32 Å². The predicted octanol–water partition coefficient (Wildman–Crippen LogP) is 5.44. The van der Waals surface area contributed by atoms with Crippen molar-refractivity contribution in [1.82, 2.24) is 5.43 Å². The molecule has 1 N–H and O–H groups in total. The molecule has 0 unspecified atom stereocenters. The average Bonchev–Trinajstić information content (AvgIpc) is 3.20. The maximum atomic E-state index is 9.96. The van der Waals surface area contributed by atoms with Crippen LogP contribution in [-0.4, -0.2) is 27.0 Å². The number of hydrogen-bond donors (Lipinski definition) is 1. The fourth-order valence-corrected chi connectivity index (χ4v) is 9.90. The Morgan fingerprint density at radius 1 is 0.889 bits per heavy atom. The summed E-state index contributed by atoms with van der Waals surface area (Å²) in [6.45, 7) is 13.8.